The van der Waals surface area contributed by atoms with E-state index in [1.807, 2.05) is 94.4 Å². The lowest BCUT2D eigenvalue weighted by Crippen LogP contribution is -2.71. The molecule has 2 aliphatic rings. The summed E-state index contributed by atoms with van der Waals surface area (Å²) in [6.07, 6.45) is 0.562. The summed E-state index contributed by atoms with van der Waals surface area (Å²) in [6, 6.07) is 27.6. The number of para-hydroxylation sites is 1. The van der Waals surface area contributed by atoms with Crippen LogP contribution in [0.5, 0.6) is 0 Å². The van der Waals surface area contributed by atoms with Gasteiger partial charge in [-0.25, -0.2) is 13.4 Å². The quantitative estimate of drug-likeness (QED) is 0.0698. The predicted octanol–water partition coefficient (Wildman–Crippen LogP) is 6.27. The minimum absolute atomic E-state index is 0.0192. The van der Waals surface area contributed by atoms with Gasteiger partial charge in [0.25, 0.3) is 10.1 Å². The van der Waals surface area contributed by atoms with E-state index in [1.54, 1.807) is 25.2 Å². The normalized spacial score (nSPS) is 12.5. The average Bonchev–Trinajstić information content (AvgIpc) is 3.06. The van der Waals surface area contributed by atoms with Gasteiger partial charge in [-0.3, -0.25) is 4.55 Å². The fourth-order valence-electron chi connectivity index (χ4n) is 6.66. The van der Waals surface area contributed by atoms with E-state index >= 15 is 0 Å². The molecule has 1 aliphatic carbocycles. The standard InChI is InChI=1S/C40H41N3O6S2/c1-25-10-8-11-26(2)39(25)42-30-14-16-32-35(22-30)49-36-23-31(15-17-33(36)38(32)34-12-6-7-13-37(34)51(46,47)48)43-40-27(3)20-29(21-28(40)4)24-50(44,45)19-9-18-41-5/h6-8,10-17,20-23,41-42H,9,18-19,24H2,1-5H3,(H,46,47,48)/p+1. The van der Waals surface area contributed by atoms with Gasteiger partial charge in [0.2, 0.25) is 11.0 Å². The number of anilines is 2. The summed E-state index contributed by atoms with van der Waals surface area (Å²) in [5, 5.41) is 7.91. The zero-order valence-corrected chi connectivity index (χ0v) is 30.9. The van der Waals surface area contributed by atoms with Gasteiger partial charge in [-0.2, -0.15) is 8.42 Å². The number of rotatable bonds is 11. The predicted molar refractivity (Wildman–Crippen MR) is 203 cm³/mol. The number of nitrogens with one attached hydrogen (secondary N) is 3. The Kier molecular flexibility index (Phi) is 10.2. The molecular formula is C40H42N3O6S2+. The van der Waals surface area contributed by atoms with Crippen LogP contribution >= 0.6 is 0 Å². The van der Waals surface area contributed by atoms with E-state index < -0.39 is 20.0 Å². The SMILES string of the molecule is CNCCCS(=O)(=O)Cc1cc(C)c([NH+]=c2ccc3c(-c4ccccc4S(=O)(=O)O)c4ccc(Nc5c(C)cccc5C)cc4oc-3c2)c(C)c1. The molecule has 0 saturated heterocycles. The van der Waals surface area contributed by atoms with Crippen molar-refractivity contribution in [3.8, 4) is 22.5 Å². The Morgan fingerprint density at radius 1 is 0.765 bits per heavy atom. The highest BCUT2D eigenvalue weighted by Crippen LogP contribution is 2.43. The number of hydrogen-bond acceptors (Lipinski definition) is 7. The van der Waals surface area contributed by atoms with Gasteiger partial charge in [0, 0.05) is 56.7 Å². The van der Waals surface area contributed by atoms with Crippen LogP contribution in [-0.2, 0) is 25.7 Å². The summed E-state index contributed by atoms with van der Waals surface area (Å²) in [4.78, 5) is 3.30. The van der Waals surface area contributed by atoms with E-state index in [9.17, 15) is 21.4 Å². The maximum absolute atomic E-state index is 12.7. The summed E-state index contributed by atoms with van der Waals surface area (Å²) >= 11 is 0. The van der Waals surface area contributed by atoms with E-state index in [0.29, 0.717) is 46.4 Å². The van der Waals surface area contributed by atoms with Gasteiger partial charge in [-0.1, -0.05) is 36.4 Å². The molecule has 1 aliphatic heterocycles. The smallest absolute Gasteiger partial charge is 0.295 e. The molecule has 51 heavy (non-hydrogen) atoms. The first-order valence-corrected chi connectivity index (χ1v) is 20.0. The molecule has 1 heterocycles. The van der Waals surface area contributed by atoms with E-state index in [4.69, 9.17) is 4.42 Å². The lowest BCUT2D eigenvalue weighted by Gasteiger charge is -2.18. The van der Waals surface area contributed by atoms with Gasteiger partial charge in [0.1, 0.15) is 16.2 Å². The van der Waals surface area contributed by atoms with Crippen LogP contribution in [0.4, 0.5) is 17.1 Å². The Morgan fingerprint density at radius 2 is 1.47 bits per heavy atom. The van der Waals surface area contributed by atoms with Gasteiger partial charge in [-0.05, 0) is 101 Å². The van der Waals surface area contributed by atoms with Gasteiger partial charge in [-0.15, -0.1) is 0 Å². The largest absolute Gasteiger partial charge is 0.456 e. The number of benzene rings is 5. The Hall–Kier alpha value is -4.81. The Bertz CT molecular complexity index is 2500. The molecule has 264 valence electrons. The number of sulfone groups is 1. The minimum atomic E-state index is -4.55. The molecule has 4 aromatic carbocycles. The fraction of sp³-hybridized carbons (Fsp3) is 0.225. The first kappa shape index (κ1) is 36.0. The van der Waals surface area contributed by atoms with Crippen LogP contribution in [0.25, 0.3) is 33.4 Å². The van der Waals surface area contributed by atoms with Crippen molar-refractivity contribution < 1.29 is 30.8 Å². The second-order valence-corrected chi connectivity index (χ2v) is 16.6. The first-order valence-electron chi connectivity index (χ1n) is 16.7. The summed E-state index contributed by atoms with van der Waals surface area (Å²) in [6.45, 7) is 8.62. The molecule has 4 aromatic rings. The second-order valence-electron chi connectivity index (χ2n) is 13.0. The summed E-state index contributed by atoms with van der Waals surface area (Å²) in [5.74, 6) is 0.604. The third-order valence-corrected chi connectivity index (χ3v) is 11.6. The zero-order valence-electron chi connectivity index (χ0n) is 29.3. The molecule has 0 fully saturated rings. The lowest BCUT2D eigenvalue weighted by atomic mass is 9.93. The third-order valence-electron chi connectivity index (χ3n) is 9.04. The minimum Gasteiger partial charge on any atom is -0.456 e. The molecule has 0 unspecified atom stereocenters. The Balaban J connectivity index is 1.50. The molecule has 9 nitrogen and oxygen atoms in total. The van der Waals surface area contributed by atoms with Crippen LogP contribution in [0.3, 0.4) is 0 Å². The maximum atomic E-state index is 12.7. The third kappa shape index (κ3) is 7.92. The number of hydrogen-bond donors (Lipinski definition) is 4. The van der Waals surface area contributed by atoms with Crippen molar-refractivity contribution in [3.63, 3.8) is 0 Å². The second kappa shape index (κ2) is 14.4. The van der Waals surface area contributed by atoms with Gasteiger partial charge < -0.3 is 15.1 Å². The molecule has 0 radical (unpaired) electrons. The molecule has 0 amide bonds. The van der Waals surface area contributed by atoms with Crippen LogP contribution in [-0.4, -0.2) is 40.7 Å². The average molecular weight is 725 g/mol. The van der Waals surface area contributed by atoms with Crippen LogP contribution in [0.1, 0.15) is 34.2 Å². The van der Waals surface area contributed by atoms with Gasteiger partial charge in [0.15, 0.2) is 9.84 Å². The lowest BCUT2D eigenvalue weighted by molar-refractivity contribution is -0.403. The van der Waals surface area contributed by atoms with Crippen LogP contribution in [0, 0.1) is 27.7 Å². The van der Waals surface area contributed by atoms with Crippen molar-refractivity contribution >= 4 is 48.0 Å². The van der Waals surface area contributed by atoms with Crippen molar-refractivity contribution in [2.45, 2.75) is 44.8 Å². The van der Waals surface area contributed by atoms with E-state index in [2.05, 4.69) is 15.6 Å². The molecule has 11 heteroatoms. The molecular weight excluding hydrogens is 683 g/mol. The van der Waals surface area contributed by atoms with Crippen molar-refractivity contribution in [2.24, 2.45) is 0 Å². The molecule has 0 spiro atoms. The van der Waals surface area contributed by atoms with E-state index in [0.717, 1.165) is 50.2 Å². The Morgan fingerprint density at radius 3 is 2.16 bits per heavy atom. The molecule has 4 N–H and O–H groups in total. The Labute approximate surface area is 299 Å². The number of fused-ring (bicyclic) bond motifs is 2. The summed E-state index contributed by atoms with van der Waals surface area (Å²) in [7, 11) is -6.00. The molecule has 0 saturated carbocycles. The van der Waals surface area contributed by atoms with Gasteiger partial charge >= 0.3 is 0 Å². The molecule has 0 atom stereocenters. The zero-order chi connectivity index (χ0) is 36.5. The van der Waals surface area contributed by atoms with Crippen molar-refractivity contribution in [3.05, 3.63) is 124 Å². The highest BCUT2D eigenvalue weighted by atomic mass is 32.2. The molecule has 6 rings (SSSR count). The first-order chi connectivity index (χ1) is 24.2. The molecule has 0 bridgehead atoms. The van der Waals surface area contributed by atoms with Crippen LogP contribution in [0.2, 0.25) is 0 Å². The topological polar surface area (TPSA) is 140 Å². The van der Waals surface area contributed by atoms with Crippen molar-refractivity contribution in [1.29, 1.82) is 0 Å². The number of aryl methyl sites for hydroxylation is 4. The van der Waals surface area contributed by atoms with Crippen LogP contribution < -0.4 is 21.0 Å². The van der Waals surface area contributed by atoms with E-state index in [1.165, 1.54) is 6.07 Å². The van der Waals surface area contributed by atoms with Crippen LogP contribution in [0.15, 0.2) is 100 Å². The fourth-order valence-corrected chi connectivity index (χ4v) is 8.76. The summed E-state index contributed by atoms with van der Waals surface area (Å²) in [5.41, 5.74) is 9.49. The van der Waals surface area contributed by atoms with Crippen molar-refractivity contribution in [2.75, 3.05) is 24.7 Å². The van der Waals surface area contributed by atoms with E-state index in [-0.39, 0.29) is 16.4 Å². The molecule has 0 aromatic heterocycles. The highest BCUT2D eigenvalue weighted by Gasteiger charge is 2.24. The van der Waals surface area contributed by atoms with Gasteiger partial charge in [0.05, 0.1) is 17.6 Å². The monoisotopic (exact) mass is 724 g/mol. The maximum Gasteiger partial charge on any atom is 0.295 e. The summed E-state index contributed by atoms with van der Waals surface area (Å²) < 4.78 is 67.4. The highest BCUT2D eigenvalue weighted by molar-refractivity contribution is 7.90. The van der Waals surface area contributed by atoms with Crippen molar-refractivity contribution in [1.82, 2.24) is 5.32 Å².